The zero-order valence-electron chi connectivity index (χ0n) is 66.0. The Morgan fingerprint density at radius 3 is 1.32 bits per heavy atom. The van der Waals surface area contributed by atoms with Crippen molar-refractivity contribution in [3.63, 3.8) is 0 Å². The van der Waals surface area contributed by atoms with Crippen LogP contribution in [0.25, 0.3) is 67.5 Å². The van der Waals surface area contributed by atoms with E-state index in [1.807, 2.05) is 136 Å². The number of carbonyl (C=O) groups is 3. The average molecular weight is 1600 g/mol. The minimum absolute atomic E-state index is 0.00271. The molecule has 4 aliphatic rings. The smallest absolute Gasteiger partial charge is 0.387 e. The van der Waals surface area contributed by atoms with E-state index in [0.29, 0.717) is 138 Å². The van der Waals surface area contributed by atoms with Crippen molar-refractivity contribution in [3.8, 4) is 79.2 Å². The lowest BCUT2D eigenvalue weighted by molar-refractivity contribution is -0.133. The van der Waals surface area contributed by atoms with Gasteiger partial charge in [0.25, 0.3) is 0 Å². The van der Waals surface area contributed by atoms with Crippen LogP contribution in [-0.2, 0) is 45.2 Å². The van der Waals surface area contributed by atoms with Gasteiger partial charge < -0.3 is 48.7 Å². The summed E-state index contributed by atoms with van der Waals surface area (Å²) in [6.45, 7) is 14.8. The molecular formula is C88H93F4N19O7. The number of hydrogen-bond acceptors (Lipinski definition) is 20. The standard InChI is InChI=1S/C32H36FN7O3.C30H33FN6O2.C26H24F2N6O2/c1-24-19-26(7-8-27(24)33)28-20-29(25-5-3-2-4-6-25)40(36-28)22-32(41)39-11-9-38(10-12-39)30-21-31(35-23-34-30)43-18-15-37-13-16-42-17-14-37;1-21-16-24(9-11-26(21)31)27-18-28(23-6-4-3-5-7-23)37(34-27)19-30(39)36-14-12-35(13-15-36)29-17-25(32-20-33-29)10-8-22(2)38;27-25(28)36-21-9-7-19(8-10-21)22-17-23(20-5-2-1-3-6-20)34(31-22)18-24(35)32-13-15-33(16-14-32)26-29-11-4-12-30-26/h2-8,19-21,23H,9-18,22H2,1H3;3-7,9,11,16-18,20,22,38H,8,10,12-15,19H2,1-2H3;1-12,17,25H,13-16,18H2. The lowest BCUT2D eigenvalue weighted by atomic mass is 10.1. The zero-order chi connectivity index (χ0) is 81.9. The molecule has 610 valence electrons. The number of carbonyl (C=O) groups excluding carboxylic acids is 3. The second kappa shape index (κ2) is 39.2. The van der Waals surface area contributed by atoms with Crippen LogP contribution in [0.1, 0.15) is 30.2 Å². The summed E-state index contributed by atoms with van der Waals surface area (Å²) in [4.78, 5) is 80.4. The third kappa shape index (κ3) is 21.4. The van der Waals surface area contributed by atoms with E-state index in [1.165, 1.54) is 30.6 Å². The van der Waals surface area contributed by atoms with Gasteiger partial charge in [-0.1, -0.05) is 91.0 Å². The SMILES string of the molecule is Cc1cc(-c2cc(-c3ccccc3)n(CC(=O)N3CCN(c4cc(CCC(C)O)ncn4)CC3)n2)ccc1F.Cc1cc(-c2cc(-c3ccccc3)n(CC(=O)N3CCN(c4cc(OCCN5CCOCC5)ncn4)CC3)n2)ccc1F.O=C(Cn1nc(-c2ccc(OC(F)F)cc2)cc1-c1ccccc1)N1CCN(c2ncccn2)CC1. The number of piperazine rings is 3. The summed E-state index contributed by atoms with van der Waals surface area (Å²) in [5, 5.41) is 23.8. The molecule has 3 amide bonds. The van der Waals surface area contributed by atoms with Crippen LogP contribution >= 0.6 is 0 Å². The van der Waals surface area contributed by atoms with Crippen molar-refractivity contribution >= 4 is 35.3 Å². The van der Waals surface area contributed by atoms with Crippen LogP contribution in [0.5, 0.6) is 11.6 Å². The lowest BCUT2D eigenvalue weighted by Crippen LogP contribution is -2.50. The lowest BCUT2D eigenvalue weighted by Gasteiger charge is -2.35. The van der Waals surface area contributed by atoms with E-state index < -0.39 is 6.61 Å². The quantitative estimate of drug-likeness (QED) is 0.0552. The number of morpholine rings is 1. The molecule has 30 heteroatoms. The van der Waals surface area contributed by atoms with Gasteiger partial charge in [-0.05, 0) is 146 Å². The highest BCUT2D eigenvalue weighted by Crippen LogP contribution is 2.33. The number of halogens is 4. The summed E-state index contributed by atoms with van der Waals surface area (Å²) in [6.07, 6.45) is 7.48. The predicted molar refractivity (Wildman–Crippen MR) is 441 cm³/mol. The number of aryl methyl sites for hydroxylation is 3. The minimum Gasteiger partial charge on any atom is -0.476 e. The maximum atomic E-state index is 13.9. The fraction of sp³-hybridized carbons (Fsp3) is 0.318. The van der Waals surface area contributed by atoms with E-state index in [-0.39, 0.29) is 60.8 Å². The minimum atomic E-state index is -2.88. The number of aromatic nitrogens is 12. The molecule has 118 heavy (non-hydrogen) atoms. The normalized spacial score (nSPS) is 14.8. The van der Waals surface area contributed by atoms with Crippen molar-refractivity contribution in [2.75, 3.05) is 133 Å². The molecule has 12 aromatic rings. The summed E-state index contributed by atoms with van der Waals surface area (Å²) in [5.41, 5.74) is 11.7. The second-order valence-corrected chi connectivity index (χ2v) is 29.1. The van der Waals surface area contributed by atoms with Crippen molar-refractivity contribution in [1.29, 1.82) is 0 Å². The van der Waals surface area contributed by atoms with Crippen molar-refractivity contribution in [2.45, 2.75) is 66.0 Å². The molecule has 26 nitrogen and oxygen atoms in total. The molecule has 6 aromatic heterocycles. The van der Waals surface area contributed by atoms with Gasteiger partial charge in [0.05, 0.1) is 53.5 Å². The zero-order valence-corrected chi connectivity index (χ0v) is 66.0. The molecular weight excluding hydrogens is 1510 g/mol. The highest BCUT2D eigenvalue weighted by molar-refractivity contribution is 5.81. The van der Waals surface area contributed by atoms with Gasteiger partial charge in [-0.2, -0.15) is 24.1 Å². The molecule has 16 rings (SSSR count). The van der Waals surface area contributed by atoms with Gasteiger partial charge in [0.2, 0.25) is 29.5 Å². The van der Waals surface area contributed by atoms with E-state index in [4.69, 9.17) is 24.8 Å². The van der Waals surface area contributed by atoms with Crippen LogP contribution in [-0.4, -0.2) is 232 Å². The van der Waals surface area contributed by atoms with Crippen molar-refractivity contribution in [2.24, 2.45) is 0 Å². The first-order chi connectivity index (χ1) is 57.5. The Hall–Kier alpha value is -12.8. The van der Waals surface area contributed by atoms with E-state index in [2.05, 4.69) is 54.2 Å². The van der Waals surface area contributed by atoms with Gasteiger partial charge in [0.1, 0.15) is 67.9 Å². The molecule has 0 aliphatic carbocycles. The number of ether oxygens (including phenoxy) is 3. The van der Waals surface area contributed by atoms with Crippen LogP contribution in [0.4, 0.5) is 35.1 Å². The van der Waals surface area contributed by atoms with Crippen LogP contribution in [0.3, 0.4) is 0 Å². The molecule has 6 aromatic carbocycles. The van der Waals surface area contributed by atoms with Gasteiger partial charge in [-0.25, -0.2) is 38.7 Å². The van der Waals surface area contributed by atoms with Gasteiger partial charge in [0.15, 0.2) is 0 Å². The molecule has 1 atom stereocenters. The number of nitrogens with zero attached hydrogens (tertiary/aromatic N) is 19. The fourth-order valence-electron chi connectivity index (χ4n) is 14.4. The number of anilines is 3. The maximum absolute atomic E-state index is 13.9. The van der Waals surface area contributed by atoms with Gasteiger partial charge in [-0.3, -0.25) is 33.3 Å². The molecule has 1 unspecified atom stereocenters. The highest BCUT2D eigenvalue weighted by atomic mass is 19.3. The summed E-state index contributed by atoms with van der Waals surface area (Å²) in [7, 11) is 0. The van der Waals surface area contributed by atoms with Crippen molar-refractivity contribution in [3.05, 3.63) is 242 Å². The van der Waals surface area contributed by atoms with Crippen molar-refractivity contribution < 1.29 is 51.3 Å². The number of amides is 3. The number of hydrogen-bond donors (Lipinski definition) is 1. The molecule has 0 spiro atoms. The molecule has 4 saturated heterocycles. The molecule has 0 saturated carbocycles. The predicted octanol–water partition coefficient (Wildman–Crippen LogP) is 11.6. The number of benzene rings is 6. The monoisotopic (exact) mass is 1600 g/mol. The van der Waals surface area contributed by atoms with E-state index in [0.717, 1.165) is 101 Å². The molecule has 0 bridgehead atoms. The molecule has 4 fully saturated rings. The molecule has 4 aliphatic heterocycles. The molecule has 0 radical (unpaired) electrons. The van der Waals surface area contributed by atoms with Crippen molar-refractivity contribution in [1.82, 2.24) is 78.8 Å². The summed E-state index contributed by atoms with van der Waals surface area (Å²) < 4.78 is 73.7. The van der Waals surface area contributed by atoms with Gasteiger partial charge in [0, 0.05) is 145 Å². The first-order valence-corrected chi connectivity index (χ1v) is 39.5. The Morgan fingerprint density at radius 1 is 0.458 bits per heavy atom. The third-order valence-electron chi connectivity index (χ3n) is 21.0. The highest BCUT2D eigenvalue weighted by Gasteiger charge is 2.29. The Morgan fingerprint density at radius 2 is 0.881 bits per heavy atom. The number of aliphatic hydroxyl groups is 1. The largest absolute Gasteiger partial charge is 0.476 e. The molecule has 10 heterocycles. The fourth-order valence-corrected chi connectivity index (χ4v) is 14.4. The Balaban J connectivity index is 0.000000146. The van der Waals surface area contributed by atoms with Gasteiger partial charge >= 0.3 is 6.61 Å². The van der Waals surface area contributed by atoms with E-state index in [1.54, 1.807) is 96.0 Å². The second-order valence-electron chi connectivity index (χ2n) is 29.1. The Kier molecular flexibility index (Phi) is 27.2. The van der Waals surface area contributed by atoms with Crippen LogP contribution in [0.15, 0.2) is 213 Å². The average Bonchev–Trinajstić information content (AvgIpc) is 1.66. The van der Waals surface area contributed by atoms with Crippen LogP contribution in [0, 0.1) is 25.5 Å². The van der Waals surface area contributed by atoms with Crippen LogP contribution < -0.4 is 24.2 Å². The number of aliphatic hydroxyl groups excluding tert-OH is 1. The Labute approximate surface area is 681 Å². The summed E-state index contributed by atoms with van der Waals surface area (Å²) >= 11 is 0. The molecule has 1 N–H and O–H groups in total. The van der Waals surface area contributed by atoms with E-state index in [9.17, 15) is 37.1 Å². The first-order valence-electron chi connectivity index (χ1n) is 39.5. The first kappa shape index (κ1) is 81.8. The maximum Gasteiger partial charge on any atom is 0.387 e. The summed E-state index contributed by atoms with van der Waals surface area (Å²) in [6, 6.07) is 57.0. The topological polar surface area (TPSA) is 253 Å². The van der Waals surface area contributed by atoms with Crippen LogP contribution in [0.2, 0.25) is 0 Å². The van der Waals surface area contributed by atoms with Gasteiger partial charge in [-0.15, -0.1) is 0 Å². The summed E-state index contributed by atoms with van der Waals surface area (Å²) in [5.74, 6) is 2.38. The van der Waals surface area contributed by atoms with E-state index >= 15 is 0 Å². The number of rotatable bonds is 24. The Bertz CT molecular complexity index is 5290. The third-order valence-corrected chi connectivity index (χ3v) is 21.0. The number of alkyl halides is 2.